The summed E-state index contributed by atoms with van der Waals surface area (Å²) in [7, 11) is -2.94. The zero-order valence-electron chi connectivity index (χ0n) is 12.6. The van der Waals surface area contributed by atoms with E-state index >= 15 is 0 Å². The minimum Gasteiger partial charge on any atom is -0.370 e. The van der Waals surface area contributed by atoms with Gasteiger partial charge in [-0.3, -0.25) is 0 Å². The normalized spacial score (nSPS) is 20.0. The maximum Gasteiger partial charge on any atom is 0.152 e. The molecule has 1 saturated heterocycles. The summed E-state index contributed by atoms with van der Waals surface area (Å²) in [6, 6.07) is 4.77. The molecule has 1 atom stereocenters. The number of anilines is 1. The zero-order valence-corrected chi connectivity index (χ0v) is 13.4. The molecule has 0 bridgehead atoms. The Balaban J connectivity index is 2.30. The van der Waals surface area contributed by atoms with E-state index < -0.39 is 9.84 Å². The van der Waals surface area contributed by atoms with Crippen LogP contribution in [-0.4, -0.2) is 39.6 Å². The van der Waals surface area contributed by atoms with Crippen LogP contribution in [0.2, 0.25) is 0 Å². The van der Waals surface area contributed by atoms with E-state index in [0.29, 0.717) is 19.5 Å². The van der Waals surface area contributed by atoms with Gasteiger partial charge in [0.15, 0.2) is 9.84 Å². The first-order chi connectivity index (χ1) is 9.93. The molecule has 6 heteroatoms. The van der Waals surface area contributed by atoms with Crippen LogP contribution >= 0.6 is 0 Å². The van der Waals surface area contributed by atoms with Crippen LogP contribution in [0.4, 0.5) is 10.1 Å². The van der Waals surface area contributed by atoms with Gasteiger partial charge in [0.05, 0.1) is 11.5 Å². The van der Waals surface area contributed by atoms with Gasteiger partial charge in [0, 0.05) is 24.8 Å². The van der Waals surface area contributed by atoms with Crippen LogP contribution in [0.15, 0.2) is 18.2 Å². The van der Waals surface area contributed by atoms with Crippen LogP contribution in [0.5, 0.6) is 0 Å². The van der Waals surface area contributed by atoms with Crippen molar-refractivity contribution in [3.05, 3.63) is 29.6 Å². The summed E-state index contributed by atoms with van der Waals surface area (Å²) in [6.45, 7) is 5.96. The third-order valence-electron chi connectivity index (χ3n) is 3.86. The molecule has 118 valence electrons. The van der Waals surface area contributed by atoms with E-state index in [-0.39, 0.29) is 23.4 Å². The van der Waals surface area contributed by atoms with Gasteiger partial charge in [-0.15, -0.1) is 0 Å². The Bertz CT molecular complexity index is 589. The Morgan fingerprint density at radius 1 is 1.33 bits per heavy atom. The summed E-state index contributed by atoms with van der Waals surface area (Å²) in [6.07, 6.45) is 0.620. The summed E-state index contributed by atoms with van der Waals surface area (Å²) in [5.41, 5.74) is 1.82. The SMILES string of the molecule is CCNC(C)c1cc(F)ccc1N1CCCS(=O)(=O)CC1. The highest BCUT2D eigenvalue weighted by atomic mass is 32.2. The first kappa shape index (κ1) is 16.2. The first-order valence-electron chi connectivity index (χ1n) is 7.41. The second-order valence-corrected chi connectivity index (χ2v) is 7.78. The predicted octanol–water partition coefficient (Wildman–Crippen LogP) is 2.12. The van der Waals surface area contributed by atoms with Crippen molar-refractivity contribution in [1.29, 1.82) is 0 Å². The van der Waals surface area contributed by atoms with Crippen LogP contribution in [0.1, 0.15) is 31.9 Å². The van der Waals surface area contributed by atoms with Crippen molar-refractivity contribution in [3.8, 4) is 0 Å². The molecular weight excluding hydrogens is 291 g/mol. The Hall–Kier alpha value is -1.14. The Morgan fingerprint density at radius 3 is 2.81 bits per heavy atom. The van der Waals surface area contributed by atoms with Gasteiger partial charge in [-0.2, -0.15) is 0 Å². The molecule has 1 aliphatic heterocycles. The highest BCUT2D eigenvalue weighted by Gasteiger charge is 2.22. The Labute approximate surface area is 126 Å². The summed E-state index contributed by atoms with van der Waals surface area (Å²) >= 11 is 0. The summed E-state index contributed by atoms with van der Waals surface area (Å²) in [4.78, 5) is 2.06. The third kappa shape index (κ3) is 4.17. The quantitative estimate of drug-likeness (QED) is 0.925. The molecule has 0 radical (unpaired) electrons. The predicted molar refractivity (Wildman–Crippen MR) is 84.0 cm³/mol. The lowest BCUT2D eigenvalue weighted by Gasteiger charge is -2.27. The van der Waals surface area contributed by atoms with Crippen LogP contribution < -0.4 is 10.2 Å². The first-order valence-corrected chi connectivity index (χ1v) is 9.23. The number of nitrogens with zero attached hydrogens (tertiary/aromatic N) is 1. The van der Waals surface area contributed by atoms with Gasteiger partial charge < -0.3 is 10.2 Å². The van der Waals surface area contributed by atoms with Gasteiger partial charge in [-0.25, -0.2) is 12.8 Å². The molecule has 0 aliphatic carbocycles. The number of hydrogen-bond donors (Lipinski definition) is 1. The lowest BCUT2D eigenvalue weighted by Crippen LogP contribution is -2.29. The monoisotopic (exact) mass is 314 g/mol. The molecule has 0 spiro atoms. The van der Waals surface area contributed by atoms with Crippen molar-refractivity contribution in [1.82, 2.24) is 5.32 Å². The van der Waals surface area contributed by atoms with Crippen molar-refractivity contribution in [2.45, 2.75) is 26.3 Å². The van der Waals surface area contributed by atoms with E-state index in [2.05, 4.69) is 10.2 Å². The molecule has 4 nitrogen and oxygen atoms in total. The highest BCUT2D eigenvalue weighted by Crippen LogP contribution is 2.28. The third-order valence-corrected chi connectivity index (χ3v) is 5.58. The number of hydrogen-bond acceptors (Lipinski definition) is 4. The molecular formula is C15H23FN2O2S. The molecule has 0 aromatic heterocycles. The smallest absolute Gasteiger partial charge is 0.152 e. The molecule has 1 aliphatic rings. The van der Waals surface area contributed by atoms with Crippen LogP contribution in [0, 0.1) is 5.82 Å². The average Bonchev–Trinajstić information content (AvgIpc) is 2.60. The topological polar surface area (TPSA) is 49.4 Å². The molecule has 1 heterocycles. The van der Waals surface area contributed by atoms with Crippen LogP contribution in [0.3, 0.4) is 0 Å². The second kappa shape index (κ2) is 6.75. The van der Waals surface area contributed by atoms with E-state index in [1.54, 1.807) is 12.1 Å². The van der Waals surface area contributed by atoms with Gasteiger partial charge in [0.25, 0.3) is 0 Å². The van der Waals surface area contributed by atoms with Gasteiger partial charge in [-0.1, -0.05) is 6.92 Å². The van der Waals surface area contributed by atoms with E-state index in [1.807, 2.05) is 13.8 Å². The van der Waals surface area contributed by atoms with E-state index in [9.17, 15) is 12.8 Å². The molecule has 1 fully saturated rings. The minimum atomic E-state index is -2.94. The van der Waals surface area contributed by atoms with Gasteiger partial charge in [0.1, 0.15) is 5.82 Å². The minimum absolute atomic E-state index is 0.0283. The van der Waals surface area contributed by atoms with Crippen molar-refractivity contribution in [3.63, 3.8) is 0 Å². The number of halogens is 1. The molecule has 1 aromatic carbocycles. The fraction of sp³-hybridized carbons (Fsp3) is 0.600. The molecule has 21 heavy (non-hydrogen) atoms. The number of sulfone groups is 1. The van der Waals surface area contributed by atoms with Crippen molar-refractivity contribution >= 4 is 15.5 Å². The Kier molecular flexibility index (Phi) is 5.22. The second-order valence-electron chi connectivity index (χ2n) is 5.47. The van der Waals surface area contributed by atoms with Gasteiger partial charge in [0.2, 0.25) is 0 Å². The summed E-state index contributed by atoms with van der Waals surface area (Å²) < 4.78 is 37.0. The fourth-order valence-electron chi connectivity index (χ4n) is 2.76. The van der Waals surface area contributed by atoms with Crippen molar-refractivity contribution in [2.24, 2.45) is 0 Å². The average molecular weight is 314 g/mol. The van der Waals surface area contributed by atoms with E-state index in [4.69, 9.17) is 0 Å². The van der Waals surface area contributed by atoms with Crippen molar-refractivity contribution in [2.75, 3.05) is 36.0 Å². The molecule has 2 rings (SSSR count). The van der Waals surface area contributed by atoms with E-state index in [1.165, 1.54) is 6.07 Å². The maximum atomic E-state index is 13.6. The lowest BCUT2D eigenvalue weighted by molar-refractivity contribution is 0.580. The van der Waals surface area contributed by atoms with E-state index in [0.717, 1.165) is 17.8 Å². The molecule has 1 aromatic rings. The maximum absolute atomic E-state index is 13.6. The highest BCUT2D eigenvalue weighted by molar-refractivity contribution is 7.91. The summed E-state index contributed by atoms with van der Waals surface area (Å²) in [5, 5.41) is 3.29. The summed E-state index contributed by atoms with van der Waals surface area (Å²) in [5.74, 6) is 0.142. The molecule has 0 amide bonds. The van der Waals surface area contributed by atoms with Crippen LogP contribution in [-0.2, 0) is 9.84 Å². The molecule has 1 N–H and O–H groups in total. The number of nitrogens with one attached hydrogen (secondary N) is 1. The number of rotatable bonds is 4. The lowest BCUT2D eigenvalue weighted by atomic mass is 10.0. The van der Waals surface area contributed by atoms with Crippen LogP contribution in [0.25, 0.3) is 0 Å². The Morgan fingerprint density at radius 2 is 2.10 bits per heavy atom. The fourth-order valence-corrected chi connectivity index (χ4v) is 4.03. The van der Waals surface area contributed by atoms with Crippen molar-refractivity contribution < 1.29 is 12.8 Å². The molecule has 1 unspecified atom stereocenters. The number of benzene rings is 1. The van der Waals surface area contributed by atoms with Gasteiger partial charge >= 0.3 is 0 Å². The zero-order chi connectivity index (χ0) is 15.5. The molecule has 0 saturated carbocycles. The standard InChI is InChI=1S/C15H23FN2O2S/c1-3-17-12(2)14-11-13(16)5-6-15(14)18-7-4-9-21(19,20)10-8-18/h5-6,11-12,17H,3-4,7-10H2,1-2H3. The largest absolute Gasteiger partial charge is 0.370 e. The van der Waals surface area contributed by atoms with Gasteiger partial charge in [-0.05, 0) is 43.7 Å².